The zero-order valence-electron chi connectivity index (χ0n) is 10.7. The van der Waals surface area contributed by atoms with E-state index in [4.69, 9.17) is 11.6 Å². The molecule has 0 spiro atoms. The summed E-state index contributed by atoms with van der Waals surface area (Å²) >= 11 is 9.11. The number of nitrogens with zero attached hydrogens (tertiary/aromatic N) is 2. The maximum Gasteiger partial charge on any atom is 0.261 e. The van der Waals surface area contributed by atoms with Crippen LogP contribution >= 0.6 is 27.5 Å². The Labute approximate surface area is 133 Å². The van der Waals surface area contributed by atoms with Gasteiger partial charge in [0.1, 0.15) is 5.82 Å². The molecule has 0 atom stereocenters. The van der Waals surface area contributed by atoms with Crippen LogP contribution in [0.4, 0.5) is 4.39 Å². The van der Waals surface area contributed by atoms with Gasteiger partial charge in [0.15, 0.2) is 0 Å². The molecule has 0 radical (unpaired) electrons. The summed E-state index contributed by atoms with van der Waals surface area (Å²) in [6, 6.07) is 9.66. The molecule has 0 aliphatic carbocycles. The zero-order chi connectivity index (χ0) is 15.0. The summed E-state index contributed by atoms with van der Waals surface area (Å²) in [6.45, 7) is 0.118. The molecule has 0 fully saturated rings. The van der Waals surface area contributed by atoms with Crippen LogP contribution in [0.3, 0.4) is 0 Å². The second kappa shape index (κ2) is 5.58. The van der Waals surface area contributed by atoms with Gasteiger partial charge in [0.05, 0.1) is 23.8 Å². The summed E-state index contributed by atoms with van der Waals surface area (Å²) in [5.74, 6) is -0.373. The van der Waals surface area contributed by atoms with E-state index in [1.807, 2.05) is 0 Å². The SMILES string of the molecule is O=c1c2cc(Cl)ccc2ncn1Cc1ccc(Br)cc1F. The van der Waals surface area contributed by atoms with E-state index in [1.165, 1.54) is 17.0 Å². The molecule has 0 saturated heterocycles. The third-order valence-corrected chi connectivity index (χ3v) is 3.87. The summed E-state index contributed by atoms with van der Waals surface area (Å²) in [7, 11) is 0. The van der Waals surface area contributed by atoms with E-state index in [0.29, 0.717) is 26.0 Å². The first-order valence-electron chi connectivity index (χ1n) is 6.13. The van der Waals surface area contributed by atoms with Crippen molar-refractivity contribution in [3.05, 3.63) is 74.0 Å². The van der Waals surface area contributed by atoms with Gasteiger partial charge in [-0.15, -0.1) is 0 Å². The lowest BCUT2D eigenvalue weighted by molar-refractivity contribution is 0.594. The molecule has 0 amide bonds. The molecule has 2 aromatic carbocycles. The van der Waals surface area contributed by atoms with E-state index in [0.717, 1.165) is 0 Å². The minimum absolute atomic E-state index is 0.118. The fraction of sp³-hybridized carbons (Fsp3) is 0.0667. The van der Waals surface area contributed by atoms with E-state index in [-0.39, 0.29) is 17.9 Å². The molecule has 21 heavy (non-hydrogen) atoms. The molecule has 3 aromatic rings. The van der Waals surface area contributed by atoms with Crippen molar-refractivity contribution < 1.29 is 4.39 Å². The van der Waals surface area contributed by atoms with Gasteiger partial charge in [0.2, 0.25) is 0 Å². The minimum atomic E-state index is -0.373. The van der Waals surface area contributed by atoms with E-state index >= 15 is 0 Å². The smallest absolute Gasteiger partial charge is 0.261 e. The fourth-order valence-electron chi connectivity index (χ4n) is 2.08. The summed E-state index contributed by atoms with van der Waals surface area (Å²) in [5.41, 5.74) is 0.741. The summed E-state index contributed by atoms with van der Waals surface area (Å²) in [6.07, 6.45) is 1.42. The van der Waals surface area contributed by atoms with E-state index in [2.05, 4.69) is 20.9 Å². The summed E-state index contributed by atoms with van der Waals surface area (Å²) < 4.78 is 15.9. The van der Waals surface area contributed by atoms with Gasteiger partial charge < -0.3 is 0 Å². The van der Waals surface area contributed by atoms with Gasteiger partial charge in [-0.1, -0.05) is 33.6 Å². The average molecular weight is 368 g/mol. The van der Waals surface area contributed by atoms with Crippen molar-refractivity contribution in [2.45, 2.75) is 6.54 Å². The highest BCUT2D eigenvalue weighted by atomic mass is 79.9. The molecular formula is C15H9BrClFN2O. The lowest BCUT2D eigenvalue weighted by Crippen LogP contribution is -2.21. The van der Waals surface area contributed by atoms with Crippen LogP contribution in [-0.4, -0.2) is 9.55 Å². The highest BCUT2D eigenvalue weighted by Gasteiger charge is 2.08. The van der Waals surface area contributed by atoms with Gasteiger partial charge in [0, 0.05) is 15.1 Å². The van der Waals surface area contributed by atoms with Crippen LogP contribution < -0.4 is 5.56 Å². The third-order valence-electron chi connectivity index (χ3n) is 3.14. The number of fused-ring (bicyclic) bond motifs is 1. The molecule has 0 aliphatic heterocycles. The Kier molecular flexibility index (Phi) is 3.78. The quantitative estimate of drug-likeness (QED) is 0.686. The highest BCUT2D eigenvalue weighted by molar-refractivity contribution is 9.10. The van der Waals surface area contributed by atoms with Crippen molar-refractivity contribution in [3.8, 4) is 0 Å². The average Bonchev–Trinajstić information content (AvgIpc) is 2.45. The van der Waals surface area contributed by atoms with Gasteiger partial charge in [-0.25, -0.2) is 9.37 Å². The second-order valence-electron chi connectivity index (χ2n) is 4.57. The van der Waals surface area contributed by atoms with Crippen LogP contribution in [0.25, 0.3) is 10.9 Å². The normalized spacial score (nSPS) is 11.0. The number of aromatic nitrogens is 2. The molecule has 0 N–H and O–H groups in total. The highest BCUT2D eigenvalue weighted by Crippen LogP contribution is 2.17. The van der Waals surface area contributed by atoms with Crippen LogP contribution in [0.2, 0.25) is 5.02 Å². The topological polar surface area (TPSA) is 34.9 Å². The second-order valence-corrected chi connectivity index (χ2v) is 5.93. The lowest BCUT2D eigenvalue weighted by atomic mass is 10.2. The molecular weight excluding hydrogens is 359 g/mol. The third kappa shape index (κ3) is 2.84. The first-order chi connectivity index (χ1) is 10.0. The minimum Gasteiger partial charge on any atom is -0.294 e. The van der Waals surface area contributed by atoms with E-state index in [9.17, 15) is 9.18 Å². The van der Waals surface area contributed by atoms with Crippen LogP contribution in [0.1, 0.15) is 5.56 Å². The Balaban J connectivity index is 2.09. The Morgan fingerprint density at radius 3 is 2.81 bits per heavy atom. The molecule has 1 heterocycles. The molecule has 3 rings (SSSR count). The standard InChI is InChI=1S/C15H9BrClFN2O/c16-10-2-1-9(13(18)5-10)7-20-8-19-14-4-3-11(17)6-12(14)15(20)21/h1-6,8H,7H2. The lowest BCUT2D eigenvalue weighted by Gasteiger charge is -2.08. The van der Waals surface area contributed by atoms with Crippen molar-refractivity contribution >= 4 is 38.4 Å². The maximum absolute atomic E-state index is 13.9. The van der Waals surface area contributed by atoms with Crippen LogP contribution in [0, 0.1) is 5.82 Å². The van der Waals surface area contributed by atoms with Crippen LogP contribution in [0.5, 0.6) is 0 Å². The van der Waals surface area contributed by atoms with Crippen molar-refractivity contribution in [1.29, 1.82) is 0 Å². The molecule has 0 bridgehead atoms. The van der Waals surface area contributed by atoms with Crippen molar-refractivity contribution in [3.63, 3.8) is 0 Å². The number of hydrogen-bond acceptors (Lipinski definition) is 2. The fourth-order valence-corrected chi connectivity index (χ4v) is 2.58. The molecule has 0 unspecified atom stereocenters. The van der Waals surface area contributed by atoms with E-state index in [1.54, 1.807) is 30.3 Å². The van der Waals surface area contributed by atoms with E-state index < -0.39 is 0 Å². The largest absolute Gasteiger partial charge is 0.294 e. The van der Waals surface area contributed by atoms with Gasteiger partial charge >= 0.3 is 0 Å². The van der Waals surface area contributed by atoms with Gasteiger partial charge in [-0.2, -0.15) is 0 Å². The number of rotatable bonds is 2. The van der Waals surface area contributed by atoms with Crippen molar-refractivity contribution in [2.75, 3.05) is 0 Å². The molecule has 0 aliphatic rings. The van der Waals surface area contributed by atoms with Crippen molar-refractivity contribution in [2.24, 2.45) is 0 Å². The monoisotopic (exact) mass is 366 g/mol. The Hall–Kier alpha value is -1.72. The summed E-state index contributed by atoms with van der Waals surface area (Å²) in [5, 5.41) is 0.886. The van der Waals surface area contributed by atoms with Crippen LogP contribution in [-0.2, 0) is 6.54 Å². The maximum atomic E-state index is 13.9. The molecule has 6 heteroatoms. The molecule has 106 valence electrons. The van der Waals surface area contributed by atoms with Crippen molar-refractivity contribution in [1.82, 2.24) is 9.55 Å². The predicted molar refractivity (Wildman–Crippen MR) is 84.2 cm³/mol. The Morgan fingerprint density at radius 2 is 2.05 bits per heavy atom. The molecule has 3 nitrogen and oxygen atoms in total. The summed E-state index contributed by atoms with van der Waals surface area (Å²) in [4.78, 5) is 16.6. The first kappa shape index (κ1) is 14.2. The Morgan fingerprint density at radius 1 is 1.24 bits per heavy atom. The van der Waals surface area contributed by atoms with Gasteiger partial charge in [-0.05, 0) is 30.3 Å². The van der Waals surface area contributed by atoms with Gasteiger partial charge in [-0.3, -0.25) is 9.36 Å². The zero-order valence-corrected chi connectivity index (χ0v) is 13.0. The first-order valence-corrected chi connectivity index (χ1v) is 7.30. The van der Waals surface area contributed by atoms with Crippen LogP contribution in [0.15, 0.2) is 52.0 Å². The predicted octanol–water partition coefficient (Wildman–Crippen LogP) is 4.00. The molecule has 1 aromatic heterocycles. The Bertz CT molecular complexity index is 894. The molecule has 0 saturated carbocycles. The number of halogens is 3. The number of hydrogen-bond donors (Lipinski definition) is 0. The number of benzene rings is 2. The van der Waals surface area contributed by atoms with Gasteiger partial charge in [0.25, 0.3) is 5.56 Å².